The van der Waals surface area contributed by atoms with E-state index in [1.54, 1.807) is 13.8 Å². The Balaban J connectivity index is 1.96. The highest BCUT2D eigenvalue weighted by Gasteiger charge is 2.59. The number of nitrogens with zero attached hydrogens (tertiary/aromatic N) is 1. The molecule has 0 aromatic heterocycles. The summed E-state index contributed by atoms with van der Waals surface area (Å²) in [7, 11) is 0. The Hall–Kier alpha value is -1.73. The minimum atomic E-state index is -0.867. The summed E-state index contributed by atoms with van der Waals surface area (Å²) in [6.07, 6.45) is -0.155. The Kier molecular flexibility index (Phi) is 4.48. The molecule has 1 saturated heterocycles. The molecule has 0 radical (unpaired) electrons. The zero-order valence-corrected chi connectivity index (χ0v) is 15.3. The van der Waals surface area contributed by atoms with Crippen molar-refractivity contribution in [3.05, 3.63) is 34.3 Å². The van der Waals surface area contributed by atoms with E-state index in [1.165, 1.54) is 0 Å². The maximum Gasteiger partial charge on any atom is 0.331 e. The van der Waals surface area contributed by atoms with Gasteiger partial charge in [-0.1, -0.05) is 28.1 Å². The zero-order valence-electron chi connectivity index (χ0n) is 13.7. The summed E-state index contributed by atoms with van der Waals surface area (Å²) in [6.45, 7) is 5.61. The average Bonchev–Trinajstić information content (AvgIpc) is 2.99. The molecule has 1 N–H and O–H groups in total. The summed E-state index contributed by atoms with van der Waals surface area (Å²) in [4.78, 5) is 25.2. The van der Waals surface area contributed by atoms with E-state index in [0.717, 1.165) is 10.0 Å². The lowest BCUT2D eigenvalue weighted by Crippen LogP contribution is -2.41. The number of nitrogens with one attached hydrogen (secondary N) is 1. The molecule has 3 rings (SSSR count). The molecule has 7 heteroatoms. The fraction of sp³-hybridized carbons (Fsp3) is 0.471. The summed E-state index contributed by atoms with van der Waals surface area (Å²) < 4.78 is 11.4. The second kappa shape index (κ2) is 6.29. The number of hydrazone groups is 1. The molecule has 24 heavy (non-hydrogen) atoms. The van der Waals surface area contributed by atoms with E-state index in [-0.39, 0.29) is 18.5 Å². The van der Waals surface area contributed by atoms with Crippen molar-refractivity contribution in [1.82, 2.24) is 5.43 Å². The van der Waals surface area contributed by atoms with Gasteiger partial charge in [0.25, 0.3) is 0 Å². The molecule has 2 aliphatic heterocycles. The molecule has 1 fully saturated rings. The Labute approximate surface area is 148 Å². The summed E-state index contributed by atoms with van der Waals surface area (Å²) in [5.41, 5.74) is 3.03. The Bertz CT molecular complexity index is 720. The quantitative estimate of drug-likeness (QED) is 0.611. The Morgan fingerprint density at radius 3 is 2.75 bits per heavy atom. The van der Waals surface area contributed by atoms with Gasteiger partial charge < -0.3 is 9.47 Å². The molecular formula is C17H19BrN2O4. The van der Waals surface area contributed by atoms with Crippen LogP contribution in [0.4, 0.5) is 0 Å². The molecule has 0 aliphatic carbocycles. The average molecular weight is 395 g/mol. The topological polar surface area (TPSA) is 80.3 Å². The minimum absolute atomic E-state index is 0.155. The molecule has 0 saturated carbocycles. The van der Waals surface area contributed by atoms with E-state index < -0.39 is 23.5 Å². The van der Waals surface area contributed by atoms with Crippen LogP contribution in [-0.4, -0.2) is 41.8 Å². The van der Waals surface area contributed by atoms with Crippen LogP contribution in [0.1, 0.15) is 32.3 Å². The first-order valence-electron chi connectivity index (χ1n) is 7.86. The highest BCUT2D eigenvalue weighted by Crippen LogP contribution is 2.40. The van der Waals surface area contributed by atoms with E-state index in [2.05, 4.69) is 26.5 Å². The maximum absolute atomic E-state index is 12.9. The van der Waals surface area contributed by atoms with Crippen LogP contribution in [0.15, 0.2) is 33.8 Å². The predicted octanol–water partition coefficient (Wildman–Crippen LogP) is 2.17. The molecule has 6 nitrogen and oxygen atoms in total. The van der Waals surface area contributed by atoms with E-state index in [4.69, 9.17) is 9.47 Å². The maximum atomic E-state index is 12.9. The summed E-state index contributed by atoms with van der Waals surface area (Å²) in [5.74, 6) is -1.13. The highest BCUT2D eigenvalue weighted by molar-refractivity contribution is 9.10. The number of carbonyl (C=O) groups excluding carboxylic acids is 2. The van der Waals surface area contributed by atoms with Crippen molar-refractivity contribution in [2.24, 2.45) is 5.10 Å². The number of hydrogen-bond donors (Lipinski definition) is 1. The third kappa shape index (κ3) is 2.86. The van der Waals surface area contributed by atoms with Crippen molar-refractivity contribution >= 4 is 33.4 Å². The largest absolute Gasteiger partial charge is 0.464 e. The van der Waals surface area contributed by atoms with Gasteiger partial charge in [-0.25, -0.2) is 4.79 Å². The van der Waals surface area contributed by atoms with Crippen LogP contribution < -0.4 is 5.43 Å². The third-order valence-corrected chi connectivity index (χ3v) is 5.02. The molecular weight excluding hydrogens is 376 g/mol. The fourth-order valence-corrected chi connectivity index (χ4v) is 3.35. The summed E-state index contributed by atoms with van der Waals surface area (Å²) in [6, 6.07) is 6.77. The molecule has 1 aromatic rings. The molecule has 0 bridgehead atoms. The van der Waals surface area contributed by atoms with Crippen LogP contribution in [-0.2, 0) is 19.1 Å². The van der Waals surface area contributed by atoms with Gasteiger partial charge in [-0.15, -0.1) is 0 Å². The first-order valence-corrected chi connectivity index (χ1v) is 8.65. The lowest BCUT2D eigenvalue weighted by atomic mass is 9.83. The molecule has 2 aliphatic rings. The third-order valence-electron chi connectivity index (χ3n) is 4.52. The van der Waals surface area contributed by atoms with Crippen LogP contribution in [0.3, 0.4) is 0 Å². The fourth-order valence-electron chi connectivity index (χ4n) is 2.93. The standard InChI is InChI=1S/C17H19BrN2O4/c1-4-23-16(22)14-12(10-6-5-7-11(18)8-10)13(19-20-14)15(21)17(3)9(2)24-17/h5-9,12,14,20H,4H2,1-3H3/t9?,12-,14-,17?/m1/s1. The van der Waals surface area contributed by atoms with Gasteiger partial charge >= 0.3 is 5.97 Å². The molecule has 4 atom stereocenters. The second-order valence-electron chi connectivity index (χ2n) is 6.08. The number of Topliss-reactive ketones (excluding diaryl/α,β-unsaturated/α-hetero) is 1. The van der Waals surface area contributed by atoms with Gasteiger partial charge in [0.05, 0.1) is 18.6 Å². The van der Waals surface area contributed by atoms with Gasteiger partial charge in [0.15, 0.2) is 11.6 Å². The molecule has 2 unspecified atom stereocenters. The van der Waals surface area contributed by atoms with E-state index in [9.17, 15) is 9.59 Å². The lowest BCUT2D eigenvalue weighted by molar-refractivity contribution is -0.145. The van der Waals surface area contributed by atoms with Crippen LogP contribution in [0.5, 0.6) is 0 Å². The number of ether oxygens (including phenoxy) is 2. The van der Waals surface area contributed by atoms with Crippen molar-refractivity contribution in [3.63, 3.8) is 0 Å². The van der Waals surface area contributed by atoms with Gasteiger partial charge in [0.2, 0.25) is 5.78 Å². The highest BCUT2D eigenvalue weighted by atomic mass is 79.9. The van der Waals surface area contributed by atoms with Crippen LogP contribution >= 0.6 is 15.9 Å². The van der Waals surface area contributed by atoms with Gasteiger partial charge in [-0.05, 0) is 38.5 Å². The predicted molar refractivity (Wildman–Crippen MR) is 91.8 cm³/mol. The number of rotatable bonds is 5. The molecule has 0 amide bonds. The van der Waals surface area contributed by atoms with Crippen LogP contribution in [0.25, 0.3) is 0 Å². The van der Waals surface area contributed by atoms with Crippen molar-refractivity contribution in [2.75, 3.05) is 6.61 Å². The number of carbonyl (C=O) groups is 2. The molecule has 1 aromatic carbocycles. The van der Waals surface area contributed by atoms with Crippen molar-refractivity contribution in [2.45, 2.75) is 44.4 Å². The van der Waals surface area contributed by atoms with Gasteiger partial charge in [0.1, 0.15) is 5.71 Å². The second-order valence-corrected chi connectivity index (χ2v) is 7.00. The van der Waals surface area contributed by atoms with Crippen molar-refractivity contribution in [3.8, 4) is 0 Å². The number of hydrogen-bond acceptors (Lipinski definition) is 6. The van der Waals surface area contributed by atoms with Crippen LogP contribution in [0, 0.1) is 0 Å². The number of epoxide rings is 1. The van der Waals surface area contributed by atoms with Gasteiger partial charge in [-0.2, -0.15) is 5.10 Å². The molecule has 0 spiro atoms. The first-order chi connectivity index (χ1) is 11.4. The number of ketones is 1. The van der Waals surface area contributed by atoms with E-state index in [1.807, 2.05) is 31.2 Å². The van der Waals surface area contributed by atoms with Gasteiger partial charge in [-0.3, -0.25) is 10.2 Å². The smallest absolute Gasteiger partial charge is 0.331 e. The SMILES string of the molecule is CCOC(=O)[C@@H]1NN=C(C(=O)C2(C)OC2C)[C@H]1c1cccc(Br)c1. The summed E-state index contributed by atoms with van der Waals surface area (Å²) in [5, 5.41) is 4.17. The Morgan fingerprint density at radius 2 is 2.17 bits per heavy atom. The molecule has 128 valence electrons. The Morgan fingerprint density at radius 1 is 1.46 bits per heavy atom. The molecule has 2 heterocycles. The van der Waals surface area contributed by atoms with Crippen molar-refractivity contribution in [1.29, 1.82) is 0 Å². The van der Waals surface area contributed by atoms with E-state index in [0.29, 0.717) is 5.71 Å². The van der Waals surface area contributed by atoms with E-state index >= 15 is 0 Å². The summed E-state index contributed by atoms with van der Waals surface area (Å²) >= 11 is 3.43. The monoisotopic (exact) mass is 394 g/mol. The van der Waals surface area contributed by atoms with Crippen LogP contribution in [0.2, 0.25) is 0 Å². The minimum Gasteiger partial charge on any atom is -0.464 e. The zero-order chi connectivity index (χ0) is 17.5. The van der Waals surface area contributed by atoms with Crippen molar-refractivity contribution < 1.29 is 19.1 Å². The number of esters is 1. The number of benzene rings is 1. The number of halogens is 1. The first kappa shape index (κ1) is 17.1. The lowest BCUT2D eigenvalue weighted by Gasteiger charge is -2.20. The van der Waals surface area contributed by atoms with Gasteiger partial charge in [0, 0.05) is 4.47 Å². The normalized spacial score (nSPS) is 31.2.